The molecule has 5 heteroatoms. The Hall–Kier alpha value is -1.10. The molecule has 0 bridgehead atoms. The maximum absolute atomic E-state index is 12.2. The predicted molar refractivity (Wildman–Crippen MR) is 78.2 cm³/mol. The minimum Gasteiger partial charge on any atom is -0.480 e. The van der Waals surface area contributed by atoms with Crippen molar-refractivity contribution in [1.29, 1.82) is 0 Å². The number of carboxylic acids is 1. The molecule has 2 atom stereocenters. The third-order valence-electron chi connectivity index (χ3n) is 4.87. The van der Waals surface area contributed by atoms with Crippen LogP contribution in [0.25, 0.3) is 0 Å². The molecule has 0 heterocycles. The third kappa shape index (κ3) is 3.72. The van der Waals surface area contributed by atoms with Crippen LogP contribution in [-0.4, -0.2) is 28.6 Å². The molecule has 0 aliphatic heterocycles. The Balaban J connectivity index is 2.74. The van der Waals surface area contributed by atoms with E-state index in [9.17, 15) is 14.7 Å². The topological polar surface area (TPSA) is 92.4 Å². The average molecular weight is 284 g/mol. The largest absolute Gasteiger partial charge is 0.480 e. The first-order chi connectivity index (χ1) is 9.36. The summed E-state index contributed by atoms with van der Waals surface area (Å²) < 4.78 is 0. The normalized spacial score (nSPS) is 29.5. The molecule has 20 heavy (non-hydrogen) atoms. The molecule has 116 valence electrons. The van der Waals surface area contributed by atoms with Gasteiger partial charge in [0.1, 0.15) is 5.54 Å². The van der Waals surface area contributed by atoms with Gasteiger partial charge < -0.3 is 16.2 Å². The van der Waals surface area contributed by atoms with Gasteiger partial charge in [-0.05, 0) is 37.5 Å². The van der Waals surface area contributed by atoms with E-state index in [0.29, 0.717) is 18.8 Å². The fourth-order valence-corrected chi connectivity index (χ4v) is 2.80. The molecule has 0 spiro atoms. The average Bonchev–Trinajstić information content (AvgIpc) is 2.46. The number of amides is 1. The van der Waals surface area contributed by atoms with Crippen LogP contribution in [0.1, 0.15) is 59.3 Å². The monoisotopic (exact) mass is 284 g/mol. The van der Waals surface area contributed by atoms with Crippen molar-refractivity contribution in [2.24, 2.45) is 17.6 Å². The van der Waals surface area contributed by atoms with Crippen LogP contribution in [0.4, 0.5) is 0 Å². The van der Waals surface area contributed by atoms with Crippen molar-refractivity contribution in [1.82, 2.24) is 5.32 Å². The molecule has 4 N–H and O–H groups in total. The fourth-order valence-electron chi connectivity index (χ4n) is 2.80. The highest BCUT2D eigenvalue weighted by Gasteiger charge is 2.43. The summed E-state index contributed by atoms with van der Waals surface area (Å²) in [5.74, 6) is -0.649. The van der Waals surface area contributed by atoms with Crippen LogP contribution in [0, 0.1) is 11.8 Å². The van der Waals surface area contributed by atoms with E-state index >= 15 is 0 Å². The van der Waals surface area contributed by atoms with Gasteiger partial charge in [-0.2, -0.15) is 0 Å². The number of rotatable bonds is 6. The van der Waals surface area contributed by atoms with E-state index in [2.05, 4.69) is 12.2 Å². The first-order valence-corrected chi connectivity index (χ1v) is 7.67. The highest BCUT2D eigenvalue weighted by atomic mass is 16.4. The lowest BCUT2D eigenvalue weighted by atomic mass is 9.75. The number of aliphatic carboxylic acids is 1. The van der Waals surface area contributed by atoms with Gasteiger partial charge in [0.05, 0.1) is 6.04 Å². The maximum Gasteiger partial charge on any atom is 0.329 e. The molecule has 0 aromatic rings. The zero-order valence-corrected chi connectivity index (χ0v) is 12.8. The summed E-state index contributed by atoms with van der Waals surface area (Å²) in [6.07, 6.45) is 4.56. The number of hydrogen-bond donors (Lipinski definition) is 3. The molecule has 5 nitrogen and oxygen atoms in total. The summed E-state index contributed by atoms with van der Waals surface area (Å²) in [4.78, 5) is 23.8. The zero-order chi connectivity index (χ0) is 15.3. The Labute approximate surface area is 121 Å². The van der Waals surface area contributed by atoms with Crippen LogP contribution in [0.5, 0.6) is 0 Å². The van der Waals surface area contributed by atoms with E-state index in [1.165, 1.54) is 0 Å². The molecule has 0 radical (unpaired) electrons. The number of nitrogens with two attached hydrogens (primary N) is 1. The van der Waals surface area contributed by atoms with Gasteiger partial charge in [0.15, 0.2) is 0 Å². The Bertz CT molecular complexity index is 349. The van der Waals surface area contributed by atoms with E-state index < -0.39 is 17.6 Å². The van der Waals surface area contributed by atoms with Gasteiger partial charge in [-0.25, -0.2) is 4.79 Å². The van der Waals surface area contributed by atoms with Crippen molar-refractivity contribution in [2.75, 3.05) is 0 Å². The summed E-state index contributed by atoms with van der Waals surface area (Å²) in [6.45, 7) is 6.00. The summed E-state index contributed by atoms with van der Waals surface area (Å²) >= 11 is 0. The molecule has 1 saturated carbocycles. The Morgan fingerprint density at radius 3 is 2.30 bits per heavy atom. The van der Waals surface area contributed by atoms with Crippen molar-refractivity contribution >= 4 is 11.9 Å². The SMILES string of the molecule is CCC1CCC(NC(=O)[C@@H](N)[C@@H](C)CC)(C(=O)O)CC1. The highest BCUT2D eigenvalue weighted by molar-refractivity contribution is 5.89. The second-order valence-corrected chi connectivity index (χ2v) is 6.14. The van der Waals surface area contributed by atoms with Gasteiger partial charge in [0.2, 0.25) is 5.91 Å². The van der Waals surface area contributed by atoms with Gasteiger partial charge in [-0.3, -0.25) is 4.79 Å². The van der Waals surface area contributed by atoms with Crippen molar-refractivity contribution < 1.29 is 14.7 Å². The third-order valence-corrected chi connectivity index (χ3v) is 4.87. The molecule has 1 fully saturated rings. The molecule has 0 unspecified atom stereocenters. The van der Waals surface area contributed by atoms with E-state index in [4.69, 9.17) is 5.73 Å². The van der Waals surface area contributed by atoms with Gasteiger partial charge in [0, 0.05) is 0 Å². The molecule has 0 aromatic carbocycles. The second kappa shape index (κ2) is 7.07. The first kappa shape index (κ1) is 17.0. The van der Waals surface area contributed by atoms with E-state index in [0.717, 1.165) is 25.7 Å². The van der Waals surface area contributed by atoms with E-state index in [1.807, 2.05) is 13.8 Å². The number of carbonyl (C=O) groups is 2. The number of hydrogen-bond acceptors (Lipinski definition) is 3. The summed E-state index contributed by atoms with van der Waals surface area (Å²) in [6, 6.07) is -0.639. The van der Waals surface area contributed by atoms with E-state index in [-0.39, 0.29) is 11.8 Å². The van der Waals surface area contributed by atoms with Gasteiger partial charge in [-0.1, -0.05) is 33.6 Å². The maximum atomic E-state index is 12.2. The molecule has 1 amide bonds. The molecule has 0 aromatic heterocycles. The van der Waals surface area contributed by atoms with Crippen molar-refractivity contribution in [3.63, 3.8) is 0 Å². The first-order valence-electron chi connectivity index (χ1n) is 7.67. The fraction of sp³-hybridized carbons (Fsp3) is 0.867. The number of carboxylic acid groups (broad SMARTS) is 1. The number of nitrogens with one attached hydrogen (secondary N) is 1. The molecule has 1 rings (SSSR count). The van der Waals surface area contributed by atoms with Crippen molar-refractivity contribution in [2.45, 2.75) is 70.9 Å². The van der Waals surface area contributed by atoms with Crippen LogP contribution in [0.3, 0.4) is 0 Å². The molecule has 1 aliphatic rings. The summed E-state index contributed by atoms with van der Waals surface area (Å²) in [7, 11) is 0. The quantitative estimate of drug-likeness (QED) is 0.694. The lowest BCUT2D eigenvalue weighted by Gasteiger charge is -2.38. The Kier molecular flexibility index (Phi) is 5.99. The van der Waals surface area contributed by atoms with Crippen LogP contribution in [-0.2, 0) is 9.59 Å². The minimum absolute atomic E-state index is 0.0489. The van der Waals surface area contributed by atoms with Gasteiger partial charge in [-0.15, -0.1) is 0 Å². The van der Waals surface area contributed by atoms with Crippen LogP contribution >= 0.6 is 0 Å². The van der Waals surface area contributed by atoms with E-state index in [1.54, 1.807) is 0 Å². The van der Waals surface area contributed by atoms with Crippen molar-refractivity contribution in [3.8, 4) is 0 Å². The summed E-state index contributed by atoms with van der Waals surface area (Å²) in [5, 5.41) is 12.2. The molecular weight excluding hydrogens is 256 g/mol. The predicted octanol–water partition coefficient (Wildman–Crippen LogP) is 1.90. The Morgan fingerprint density at radius 2 is 1.90 bits per heavy atom. The smallest absolute Gasteiger partial charge is 0.329 e. The van der Waals surface area contributed by atoms with Crippen LogP contribution in [0.2, 0.25) is 0 Å². The van der Waals surface area contributed by atoms with Crippen LogP contribution in [0.15, 0.2) is 0 Å². The van der Waals surface area contributed by atoms with Crippen LogP contribution < -0.4 is 11.1 Å². The molecular formula is C15H28N2O3. The summed E-state index contributed by atoms with van der Waals surface area (Å²) in [5.41, 5.74) is 4.78. The lowest BCUT2D eigenvalue weighted by Crippen LogP contribution is -2.60. The lowest BCUT2D eigenvalue weighted by molar-refractivity contribution is -0.150. The van der Waals surface area contributed by atoms with Gasteiger partial charge >= 0.3 is 5.97 Å². The minimum atomic E-state index is -1.12. The molecule has 1 aliphatic carbocycles. The number of carbonyl (C=O) groups excluding carboxylic acids is 1. The molecule has 0 saturated heterocycles. The Morgan fingerprint density at radius 1 is 1.35 bits per heavy atom. The second-order valence-electron chi connectivity index (χ2n) is 6.14. The van der Waals surface area contributed by atoms with Gasteiger partial charge in [0.25, 0.3) is 0 Å². The standard InChI is InChI=1S/C15H28N2O3/c1-4-10(3)12(16)13(18)17-15(14(19)20)8-6-11(5-2)7-9-15/h10-12H,4-9,16H2,1-3H3,(H,17,18)(H,19,20)/t10-,11?,12-,15?/m0/s1. The zero-order valence-electron chi connectivity index (χ0n) is 12.8. The van der Waals surface area contributed by atoms with Crippen molar-refractivity contribution in [3.05, 3.63) is 0 Å². The highest BCUT2D eigenvalue weighted by Crippen LogP contribution is 2.34.